The maximum Gasteiger partial charge on any atom is 0.488 e. The van der Waals surface area contributed by atoms with Crippen molar-refractivity contribution < 1.29 is 10.0 Å². The molecule has 4 heteroatoms. The first kappa shape index (κ1) is 10.1. The predicted octanol–water partition coefficient (Wildman–Crippen LogP) is -0.0641. The Balaban J connectivity index is 2.39. The van der Waals surface area contributed by atoms with Gasteiger partial charge in [-0.1, -0.05) is 24.3 Å². The lowest BCUT2D eigenvalue weighted by molar-refractivity contribution is 0.426. The van der Waals surface area contributed by atoms with Gasteiger partial charge in [0.25, 0.3) is 0 Å². The lowest BCUT2D eigenvalue weighted by Gasteiger charge is -1.99. The highest BCUT2D eigenvalue weighted by Crippen LogP contribution is 2.13. The standard InChI is InChI=1S/C12H11BO2S/c14-13(15)8-5-6-12-10(7-8)9-3-1-2-4-11(9)16-12/h3-7,14-15H,1-2H2. The van der Waals surface area contributed by atoms with Crippen LogP contribution in [0.4, 0.5) is 0 Å². The molecule has 0 saturated heterocycles. The fraction of sp³-hybridized carbons (Fsp3) is 0.167. The van der Waals surface area contributed by atoms with Crippen LogP contribution in [0.5, 0.6) is 0 Å². The van der Waals surface area contributed by atoms with Gasteiger partial charge in [0, 0.05) is 9.23 Å². The zero-order valence-corrected chi connectivity index (χ0v) is 9.50. The van der Waals surface area contributed by atoms with Crippen LogP contribution in [-0.4, -0.2) is 17.2 Å². The Labute approximate surface area is 97.3 Å². The van der Waals surface area contributed by atoms with Crippen LogP contribution < -0.4 is 15.2 Å². The Kier molecular flexibility index (Phi) is 2.35. The molecule has 0 unspecified atom stereocenters. The predicted molar refractivity (Wildman–Crippen MR) is 69.1 cm³/mol. The minimum Gasteiger partial charge on any atom is -0.423 e. The van der Waals surface area contributed by atoms with E-state index in [-0.39, 0.29) is 0 Å². The molecule has 2 aromatic rings. The first-order valence-corrected chi connectivity index (χ1v) is 6.16. The quantitative estimate of drug-likeness (QED) is 0.673. The van der Waals surface area contributed by atoms with Crippen molar-refractivity contribution in [2.24, 2.45) is 0 Å². The monoisotopic (exact) mass is 230 g/mol. The van der Waals surface area contributed by atoms with E-state index >= 15 is 0 Å². The van der Waals surface area contributed by atoms with E-state index in [1.165, 1.54) is 14.5 Å². The summed E-state index contributed by atoms with van der Waals surface area (Å²) in [6.07, 6.45) is 6.68. The van der Waals surface area contributed by atoms with Crippen molar-refractivity contribution >= 4 is 46.2 Å². The summed E-state index contributed by atoms with van der Waals surface area (Å²) in [6.45, 7) is 0. The third kappa shape index (κ3) is 1.50. The molecule has 0 atom stereocenters. The molecule has 0 spiro atoms. The van der Waals surface area contributed by atoms with Crippen LogP contribution in [0.15, 0.2) is 18.2 Å². The lowest BCUT2D eigenvalue weighted by atomic mass is 9.80. The van der Waals surface area contributed by atoms with Crippen molar-refractivity contribution in [1.82, 2.24) is 0 Å². The van der Waals surface area contributed by atoms with Gasteiger partial charge in [-0.25, -0.2) is 0 Å². The van der Waals surface area contributed by atoms with E-state index in [1.807, 2.05) is 12.1 Å². The minimum atomic E-state index is -1.38. The molecule has 0 radical (unpaired) electrons. The number of benzene rings is 1. The van der Waals surface area contributed by atoms with Crippen LogP contribution in [0.3, 0.4) is 0 Å². The molecular weight excluding hydrogens is 219 g/mol. The Hall–Kier alpha value is -1.10. The smallest absolute Gasteiger partial charge is 0.423 e. The molecule has 1 heterocycles. The Morgan fingerprint density at radius 1 is 1.12 bits per heavy atom. The van der Waals surface area contributed by atoms with E-state index < -0.39 is 7.12 Å². The van der Waals surface area contributed by atoms with Crippen molar-refractivity contribution in [2.45, 2.75) is 12.8 Å². The van der Waals surface area contributed by atoms with Crippen molar-refractivity contribution in [3.63, 3.8) is 0 Å². The molecule has 1 aromatic heterocycles. The summed E-state index contributed by atoms with van der Waals surface area (Å²) in [4.78, 5) is 0. The van der Waals surface area contributed by atoms with Crippen LogP contribution in [0.25, 0.3) is 22.2 Å². The SMILES string of the molecule is OB(O)c1ccc2sc3c(c2c1)=CCCC=3. The molecule has 0 fully saturated rings. The third-order valence-corrected chi connectivity index (χ3v) is 4.10. The fourth-order valence-electron chi connectivity index (χ4n) is 2.12. The minimum absolute atomic E-state index is 0.562. The highest BCUT2D eigenvalue weighted by Gasteiger charge is 2.12. The van der Waals surface area contributed by atoms with Gasteiger partial charge in [0.15, 0.2) is 0 Å². The third-order valence-electron chi connectivity index (χ3n) is 2.92. The van der Waals surface area contributed by atoms with E-state index in [0.717, 1.165) is 18.2 Å². The van der Waals surface area contributed by atoms with Crippen LogP contribution in [-0.2, 0) is 0 Å². The molecule has 0 saturated carbocycles. The summed E-state index contributed by atoms with van der Waals surface area (Å²) in [5.41, 5.74) is 0.562. The van der Waals surface area contributed by atoms with Gasteiger partial charge >= 0.3 is 7.12 Å². The van der Waals surface area contributed by atoms with Gasteiger partial charge in [0.2, 0.25) is 0 Å². The fourth-order valence-corrected chi connectivity index (χ4v) is 3.27. The molecule has 1 aliphatic carbocycles. The summed E-state index contributed by atoms with van der Waals surface area (Å²) in [5, 5.41) is 20.7. The van der Waals surface area contributed by atoms with E-state index in [4.69, 9.17) is 10.0 Å². The van der Waals surface area contributed by atoms with Crippen molar-refractivity contribution in [1.29, 1.82) is 0 Å². The molecule has 80 valence electrons. The number of rotatable bonds is 1. The number of thiophene rings is 1. The summed E-state index contributed by atoms with van der Waals surface area (Å²) in [7, 11) is -1.38. The number of fused-ring (bicyclic) bond motifs is 3. The first-order valence-electron chi connectivity index (χ1n) is 5.35. The molecule has 2 N–H and O–H groups in total. The van der Waals surface area contributed by atoms with Gasteiger partial charge in [-0.15, -0.1) is 11.3 Å². The normalized spacial score (nSPS) is 14.1. The molecule has 16 heavy (non-hydrogen) atoms. The maximum absolute atomic E-state index is 9.17. The van der Waals surface area contributed by atoms with Gasteiger partial charge in [-0.3, -0.25) is 0 Å². The second-order valence-corrected chi connectivity index (χ2v) is 5.08. The van der Waals surface area contributed by atoms with E-state index in [2.05, 4.69) is 12.2 Å². The highest BCUT2D eigenvalue weighted by molar-refractivity contribution is 7.17. The molecule has 0 aliphatic heterocycles. The molecule has 3 rings (SSSR count). The number of hydrogen-bond acceptors (Lipinski definition) is 3. The molecule has 1 aliphatic rings. The van der Waals surface area contributed by atoms with Crippen LogP contribution >= 0.6 is 11.3 Å². The molecule has 0 bridgehead atoms. The second kappa shape index (κ2) is 3.73. The van der Waals surface area contributed by atoms with Crippen LogP contribution in [0.2, 0.25) is 0 Å². The largest absolute Gasteiger partial charge is 0.488 e. The molecule has 1 aromatic carbocycles. The van der Waals surface area contributed by atoms with Gasteiger partial charge in [0.05, 0.1) is 0 Å². The average molecular weight is 230 g/mol. The Bertz CT molecular complexity index is 657. The van der Waals surface area contributed by atoms with Crippen molar-refractivity contribution in [3.05, 3.63) is 28.0 Å². The Morgan fingerprint density at radius 3 is 2.75 bits per heavy atom. The second-order valence-electron chi connectivity index (χ2n) is 3.99. The van der Waals surface area contributed by atoms with E-state index in [0.29, 0.717) is 5.46 Å². The maximum atomic E-state index is 9.17. The van der Waals surface area contributed by atoms with Gasteiger partial charge in [0.1, 0.15) is 0 Å². The zero-order valence-electron chi connectivity index (χ0n) is 8.68. The van der Waals surface area contributed by atoms with E-state index in [9.17, 15) is 0 Å². The molecular formula is C12H11BO2S. The summed E-state index contributed by atoms with van der Waals surface area (Å²) in [5.74, 6) is 0. The number of hydrogen-bond donors (Lipinski definition) is 2. The van der Waals surface area contributed by atoms with Crippen molar-refractivity contribution in [3.8, 4) is 0 Å². The first-order chi connectivity index (χ1) is 7.75. The molecule has 0 amide bonds. The average Bonchev–Trinajstić information content (AvgIpc) is 2.66. The van der Waals surface area contributed by atoms with E-state index in [1.54, 1.807) is 17.4 Å². The summed E-state index contributed by atoms with van der Waals surface area (Å²) >= 11 is 1.77. The van der Waals surface area contributed by atoms with Gasteiger partial charge in [-0.05, 0) is 35.0 Å². The van der Waals surface area contributed by atoms with Gasteiger partial charge < -0.3 is 10.0 Å². The van der Waals surface area contributed by atoms with Crippen molar-refractivity contribution in [2.75, 3.05) is 0 Å². The van der Waals surface area contributed by atoms with Crippen LogP contribution in [0, 0.1) is 0 Å². The lowest BCUT2D eigenvalue weighted by Crippen LogP contribution is -2.30. The summed E-state index contributed by atoms with van der Waals surface area (Å²) in [6, 6.07) is 5.62. The van der Waals surface area contributed by atoms with Gasteiger partial charge in [-0.2, -0.15) is 0 Å². The zero-order chi connectivity index (χ0) is 11.1. The summed E-state index contributed by atoms with van der Waals surface area (Å²) < 4.78 is 2.52. The highest BCUT2D eigenvalue weighted by atomic mass is 32.1. The van der Waals surface area contributed by atoms with Crippen LogP contribution in [0.1, 0.15) is 12.8 Å². The topological polar surface area (TPSA) is 40.5 Å². The molecule has 2 nitrogen and oxygen atoms in total. The Morgan fingerprint density at radius 2 is 1.94 bits per heavy atom.